The molecule has 1 N–H and O–H groups in total. The average Bonchev–Trinajstić information content (AvgIpc) is 2.55. The molecule has 1 aliphatic heterocycles. The van der Waals surface area contributed by atoms with E-state index in [-0.39, 0.29) is 11.1 Å². The van der Waals surface area contributed by atoms with Crippen molar-refractivity contribution in [3.63, 3.8) is 0 Å². The van der Waals surface area contributed by atoms with E-state index < -0.39 is 5.82 Å². The van der Waals surface area contributed by atoms with Crippen LogP contribution in [0.5, 0.6) is 11.5 Å². The van der Waals surface area contributed by atoms with Crippen molar-refractivity contribution in [1.29, 1.82) is 0 Å². The highest BCUT2D eigenvalue weighted by molar-refractivity contribution is 6.30. The molecule has 5 heteroatoms. The summed E-state index contributed by atoms with van der Waals surface area (Å²) in [5.41, 5.74) is 1.95. The molecule has 3 nitrogen and oxygen atoms in total. The molecule has 2 aromatic rings. The van der Waals surface area contributed by atoms with Gasteiger partial charge in [0.1, 0.15) is 19.0 Å². The van der Waals surface area contributed by atoms with Crippen molar-refractivity contribution in [2.45, 2.75) is 19.5 Å². The monoisotopic (exact) mass is 321 g/mol. The van der Waals surface area contributed by atoms with Crippen molar-refractivity contribution in [2.24, 2.45) is 0 Å². The molecule has 1 unspecified atom stereocenters. The van der Waals surface area contributed by atoms with Crippen molar-refractivity contribution in [3.8, 4) is 11.5 Å². The highest BCUT2D eigenvalue weighted by Crippen LogP contribution is 2.32. The van der Waals surface area contributed by atoms with Crippen LogP contribution in [-0.2, 0) is 6.54 Å². The zero-order valence-electron chi connectivity index (χ0n) is 12.2. The number of benzene rings is 2. The lowest BCUT2D eigenvalue weighted by Crippen LogP contribution is -2.19. The third kappa shape index (κ3) is 3.34. The summed E-state index contributed by atoms with van der Waals surface area (Å²) in [6, 6.07) is 10.9. The lowest BCUT2D eigenvalue weighted by Gasteiger charge is -2.21. The van der Waals surface area contributed by atoms with Gasteiger partial charge >= 0.3 is 0 Å². The molecule has 1 heterocycles. The molecule has 0 saturated heterocycles. The zero-order valence-corrected chi connectivity index (χ0v) is 13.0. The topological polar surface area (TPSA) is 30.5 Å². The lowest BCUT2D eigenvalue weighted by atomic mass is 10.1. The molecular formula is C17H17ClFNO2. The fraction of sp³-hybridized carbons (Fsp3) is 0.294. The summed E-state index contributed by atoms with van der Waals surface area (Å²) >= 11 is 5.69. The van der Waals surface area contributed by atoms with Crippen molar-refractivity contribution in [3.05, 3.63) is 58.4 Å². The van der Waals surface area contributed by atoms with E-state index in [1.165, 1.54) is 6.07 Å². The molecule has 0 fully saturated rings. The molecule has 0 bridgehead atoms. The molecule has 116 valence electrons. The van der Waals surface area contributed by atoms with Crippen molar-refractivity contribution in [2.75, 3.05) is 13.2 Å². The number of rotatable bonds is 4. The largest absolute Gasteiger partial charge is 0.486 e. The smallest absolute Gasteiger partial charge is 0.161 e. The molecule has 2 aromatic carbocycles. The van der Waals surface area contributed by atoms with Crippen LogP contribution < -0.4 is 14.8 Å². The van der Waals surface area contributed by atoms with E-state index in [0.717, 1.165) is 22.6 Å². The Morgan fingerprint density at radius 3 is 2.68 bits per heavy atom. The van der Waals surface area contributed by atoms with Crippen LogP contribution in [0.2, 0.25) is 5.02 Å². The van der Waals surface area contributed by atoms with Crippen LogP contribution in [0.25, 0.3) is 0 Å². The minimum absolute atomic E-state index is 0.106. The van der Waals surface area contributed by atoms with E-state index in [1.54, 1.807) is 6.07 Å². The van der Waals surface area contributed by atoms with E-state index in [0.29, 0.717) is 19.8 Å². The van der Waals surface area contributed by atoms with E-state index in [4.69, 9.17) is 21.1 Å². The zero-order chi connectivity index (χ0) is 15.5. The fourth-order valence-corrected chi connectivity index (χ4v) is 2.49. The van der Waals surface area contributed by atoms with Gasteiger partial charge in [0.15, 0.2) is 11.5 Å². The van der Waals surface area contributed by atoms with Gasteiger partial charge in [0.2, 0.25) is 0 Å². The normalized spacial score (nSPS) is 14.7. The maximum Gasteiger partial charge on any atom is 0.161 e. The predicted octanol–water partition coefficient (Wildman–Crippen LogP) is 4.10. The summed E-state index contributed by atoms with van der Waals surface area (Å²) in [4.78, 5) is 0. The Bertz CT molecular complexity index is 678. The number of hydrogen-bond donors (Lipinski definition) is 1. The first-order chi connectivity index (χ1) is 10.6. The Morgan fingerprint density at radius 2 is 1.91 bits per heavy atom. The minimum atomic E-state index is -0.395. The second kappa shape index (κ2) is 6.55. The van der Waals surface area contributed by atoms with E-state index in [2.05, 4.69) is 12.2 Å². The summed E-state index contributed by atoms with van der Waals surface area (Å²) in [7, 11) is 0. The average molecular weight is 322 g/mol. The van der Waals surface area contributed by atoms with Crippen LogP contribution in [0.15, 0.2) is 36.4 Å². The second-order valence-electron chi connectivity index (χ2n) is 5.25. The Hall–Kier alpha value is -1.78. The van der Waals surface area contributed by atoms with Gasteiger partial charge in [0.05, 0.1) is 5.02 Å². The Labute approximate surface area is 134 Å². The van der Waals surface area contributed by atoms with Crippen molar-refractivity contribution >= 4 is 11.6 Å². The van der Waals surface area contributed by atoms with Gasteiger partial charge in [-0.25, -0.2) is 4.39 Å². The first kappa shape index (κ1) is 15.1. The Balaban J connectivity index is 1.66. The number of hydrogen-bond acceptors (Lipinski definition) is 3. The van der Waals surface area contributed by atoms with Crippen molar-refractivity contribution < 1.29 is 13.9 Å². The van der Waals surface area contributed by atoms with Gasteiger partial charge in [-0.15, -0.1) is 0 Å². The molecule has 0 amide bonds. The molecule has 1 atom stereocenters. The third-order valence-corrected chi connectivity index (χ3v) is 3.97. The molecule has 0 aromatic heterocycles. The van der Waals surface area contributed by atoms with Crippen LogP contribution in [0.4, 0.5) is 4.39 Å². The SMILES string of the molecule is CC(NCc1ccc(Cl)c(F)c1)c1ccc2c(c1)OCCO2. The quantitative estimate of drug-likeness (QED) is 0.919. The molecule has 0 radical (unpaired) electrons. The maximum absolute atomic E-state index is 13.4. The number of ether oxygens (including phenoxy) is 2. The standard InChI is InChI=1S/C17H17ClFNO2/c1-11(20-10-12-2-4-14(18)15(19)8-12)13-3-5-16-17(9-13)22-7-6-21-16/h2-5,8-9,11,20H,6-7,10H2,1H3. The molecule has 1 aliphatic rings. The summed E-state index contributed by atoms with van der Waals surface area (Å²) < 4.78 is 24.5. The van der Waals surface area contributed by atoms with Gasteiger partial charge in [-0.2, -0.15) is 0 Å². The van der Waals surface area contributed by atoms with Gasteiger partial charge in [0, 0.05) is 12.6 Å². The van der Waals surface area contributed by atoms with Gasteiger partial charge < -0.3 is 14.8 Å². The summed E-state index contributed by atoms with van der Waals surface area (Å²) in [6.07, 6.45) is 0. The first-order valence-corrected chi connectivity index (χ1v) is 7.58. The van der Waals surface area contributed by atoms with Gasteiger partial charge in [-0.3, -0.25) is 0 Å². The molecule has 0 spiro atoms. The summed E-state index contributed by atoms with van der Waals surface area (Å²) in [6.45, 7) is 3.77. The Morgan fingerprint density at radius 1 is 1.14 bits per heavy atom. The number of fused-ring (bicyclic) bond motifs is 1. The van der Waals surface area contributed by atoms with Crippen LogP contribution in [0, 0.1) is 5.82 Å². The lowest BCUT2D eigenvalue weighted by molar-refractivity contribution is 0.171. The van der Waals surface area contributed by atoms with Crippen molar-refractivity contribution in [1.82, 2.24) is 5.32 Å². The molecule has 3 rings (SSSR count). The minimum Gasteiger partial charge on any atom is -0.486 e. The highest BCUT2D eigenvalue weighted by atomic mass is 35.5. The number of nitrogens with one attached hydrogen (secondary N) is 1. The highest BCUT2D eigenvalue weighted by Gasteiger charge is 2.14. The van der Waals surface area contributed by atoms with Crippen LogP contribution >= 0.6 is 11.6 Å². The van der Waals surface area contributed by atoms with E-state index in [9.17, 15) is 4.39 Å². The van der Waals surface area contributed by atoms with E-state index in [1.807, 2.05) is 24.3 Å². The van der Waals surface area contributed by atoms with Gasteiger partial charge in [-0.1, -0.05) is 23.7 Å². The molecule has 22 heavy (non-hydrogen) atoms. The molecule has 0 saturated carbocycles. The van der Waals surface area contributed by atoms with Crippen LogP contribution in [0.1, 0.15) is 24.1 Å². The Kier molecular flexibility index (Phi) is 4.50. The number of halogens is 2. The summed E-state index contributed by atoms with van der Waals surface area (Å²) in [5.74, 6) is 1.16. The molecular weight excluding hydrogens is 305 g/mol. The second-order valence-corrected chi connectivity index (χ2v) is 5.66. The van der Waals surface area contributed by atoms with E-state index >= 15 is 0 Å². The predicted molar refractivity (Wildman–Crippen MR) is 84.1 cm³/mol. The van der Waals surface area contributed by atoms with Gasteiger partial charge in [0.25, 0.3) is 0 Å². The summed E-state index contributed by atoms with van der Waals surface area (Å²) in [5, 5.41) is 3.50. The first-order valence-electron chi connectivity index (χ1n) is 7.20. The van der Waals surface area contributed by atoms with Gasteiger partial charge in [-0.05, 0) is 42.3 Å². The maximum atomic E-state index is 13.4. The fourth-order valence-electron chi connectivity index (χ4n) is 2.37. The van der Waals surface area contributed by atoms with Crippen LogP contribution in [0.3, 0.4) is 0 Å². The van der Waals surface area contributed by atoms with Crippen LogP contribution in [-0.4, -0.2) is 13.2 Å². The third-order valence-electron chi connectivity index (χ3n) is 3.66. The molecule has 0 aliphatic carbocycles.